The quantitative estimate of drug-likeness (QED) is 0.330. The molecule has 0 aliphatic carbocycles. The number of carbonyl (C=O) groups excluding carboxylic acids is 1. The number of nitrogens with one attached hydrogen (secondary N) is 1. The second kappa shape index (κ2) is 8.98. The van der Waals surface area contributed by atoms with Gasteiger partial charge in [0.15, 0.2) is 0 Å². The van der Waals surface area contributed by atoms with Crippen molar-refractivity contribution in [1.82, 2.24) is 10.3 Å². The second-order valence-electron chi connectivity index (χ2n) is 6.16. The number of hydrogen-bond donors (Lipinski definition) is 1. The minimum Gasteiger partial charge on any atom is -0.470 e. The van der Waals surface area contributed by atoms with Crippen molar-refractivity contribution >= 4 is 46.4 Å². The van der Waals surface area contributed by atoms with Gasteiger partial charge in [-0.3, -0.25) is 9.78 Å². The van der Waals surface area contributed by atoms with Crippen molar-refractivity contribution in [3.63, 3.8) is 0 Å². The largest absolute Gasteiger partial charge is 0.470 e. The van der Waals surface area contributed by atoms with Crippen molar-refractivity contribution in [2.45, 2.75) is 24.8 Å². The number of amides is 1. The Kier molecular flexibility index (Phi) is 6.94. The maximum atomic E-state index is 12.6. The van der Waals surface area contributed by atoms with Gasteiger partial charge in [0.2, 0.25) is 5.44 Å². The van der Waals surface area contributed by atoms with Crippen LogP contribution in [0.1, 0.15) is 19.4 Å². The number of carbonyl (C=O) groups is 1. The molecule has 0 bridgehead atoms. The molecule has 142 valence electrons. The zero-order valence-corrected chi connectivity index (χ0v) is 17.0. The number of oxime groups is 1. The molecule has 27 heavy (non-hydrogen) atoms. The summed E-state index contributed by atoms with van der Waals surface area (Å²) in [5, 5.41) is 7.70. The van der Waals surface area contributed by atoms with Gasteiger partial charge >= 0.3 is 0 Å². The average Bonchev–Trinajstić information content (AvgIpc) is 2.63. The highest BCUT2D eigenvalue weighted by Crippen LogP contribution is 2.29. The lowest BCUT2D eigenvalue weighted by Gasteiger charge is -2.24. The highest BCUT2D eigenvalue weighted by atomic mass is 35.5. The summed E-state index contributed by atoms with van der Waals surface area (Å²) >= 11 is 7.55. The Labute approximate surface area is 167 Å². The van der Waals surface area contributed by atoms with Gasteiger partial charge < -0.3 is 14.9 Å². The Bertz CT molecular complexity index is 909. The van der Waals surface area contributed by atoms with E-state index < -0.39 is 11.0 Å². The number of fused-ring (bicyclic) bond motifs is 1. The third kappa shape index (κ3) is 5.52. The number of benzene rings is 1. The first-order valence-corrected chi connectivity index (χ1v) is 9.61. The first-order valence-electron chi connectivity index (χ1n) is 7.94. The Morgan fingerprint density at radius 3 is 2.85 bits per heavy atom. The first kappa shape index (κ1) is 20.9. The van der Waals surface area contributed by atoms with Gasteiger partial charge in [-0.1, -0.05) is 22.7 Å². The number of rotatable bonds is 7. The van der Waals surface area contributed by atoms with Gasteiger partial charge in [0.05, 0.1) is 22.3 Å². The third-order valence-corrected chi connectivity index (χ3v) is 4.50. The normalized spacial score (nSPS) is 12.6. The van der Waals surface area contributed by atoms with Gasteiger partial charge in [-0.25, -0.2) is 0 Å². The van der Waals surface area contributed by atoms with Crippen LogP contribution in [-0.4, -0.2) is 41.4 Å². The van der Waals surface area contributed by atoms with Crippen LogP contribution in [-0.2, 0) is 9.63 Å². The molecule has 6 nitrogen and oxygen atoms in total. The van der Waals surface area contributed by atoms with Crippen molar-refractivity contribution in [2.75, 3.05) is 13.4 Å². The van der Waals surface area contributed by atoms with E-state index >= 15 is 0 Å². The Hall–Kier alpha value is -2.43. The molecule has 1 aromatic carbocycles. The summed E-state index contributed by atoms with van der Waals surface area (Å²) in [4.78, 5) is 21.5. The van der Waals surface area contributed by atoms with Crippen LogP contribution in [0.3, 0.4) is 0 Å². The molecule has 0 saturated heterocycles. The molecule has 1 unspecified atom stereocenters. The van der Waals surface area contributed by atoms with Crippen molar-refractivity contribution < 1.29 is 14.4 Å². The monoisotopic (exact) mass is 405 g/mol. The molecule has 0 fully saturated rings. The van der Waals surface area contributed by atoms with Crippen LogP contribution >= 0.6 is 23.4 Å². The Morgan fingerprint density at radius 2 is 2.22 bits per heavy atom. The van der Waals surface area contributed by atoms with E-state index in [2.05, 4.69) is 26.2 Å². The topological polar surface area (TPSA) is 72.8 Å². The molecule has 0 aliphatic heterocycles. The zero-order chi connectivity index (χ0) is 20.0. The fraction of sp³-hybridized carbons (Fsp3) is 0.316. The SMILES string of the molecule is C#Cc1cnc2c(Cl)cc(OC(SC)C(=O)NC(C)(C)/C=N/OC)cc2c1. The fourth-order valence-electron chi connectivity index (χ4n) is 2.25. The number of nitrogens with zero attached hydrogens (tertiary/aromatic N) is 2. The van der Waals surface area contributed by atoms with Crippen molar-refractivity contribution in [1.29, 1.82) is 0 Å². The second-order valence-corrected chi connectivity index (χ2v) is 7.47. The van der Waals surface area contributed by atoms with Crippen molar-refractivity contribution in [3.05, 3.63) is 35.0 Å². The molecule has 0 radical (unpaired) electrons. The van der Waals surface area contributed by atoms with E-state index in [1.54, 1.807) is 44.5 Å². The summed E-state index contributed by atoms with van der Waals surface area (Å²) in [6.45, 7) is 3.59. The molecule has 2 aromatic rings. The van der Waals surface area contributed by atoms with Gasteiger partial charge in [-0.15, -0.1) is 18.2 Å². The van der Waals surface area contributed by atoms with Crippen LogP contribution in [0.5, 0.6) is 5.75 Å². The lowest BCUT2D eigenvalue weighted by molar-refractivity contribution is -0.125. The fourth-order valence-corrected chi connectivity index (χ4v) is 3.00. The maximum Gasteiger partial charge on any atom is 0.272 e. The average molecular weight is 406 g/mol. The molecule has 0 aliphatic rings. The van der Waals surface area contributed by atoms with Crippen LogP contribution in [0.15, 0.2) is 29.6 Å². The predicted molar refractivity (Wildman–Crippen MR) is 110 cm³/mol. The van der Waals surface area contributed by atoms with E-state index in [1.807, 2.05) is 0 Å². The number of hydrogen-bond acceptors (Lipinski definition) is 6. The Balaban J connectivity index is 2.24. The van der Waals surface area contributed by atoms with E-state index in [0.717, 1.165) is 5.39 Å². The molecule has 0 spiro atoms. The van der Waals surface area contributed by atoms with E-state index in [1.165, 1.54) is 25.1 Å². The highest BCUT2D eigenvalue weighted by Gasteiger charge is 2.26. The number of terminal acetylenes is 1. The van der Waals surface area contributed by atoms with Crippen LogP contribution in [0.4, 0.5) is 0 Å². The summed E-state index contributed by atoms with van der Waals surface area (Å²) in [5.41, 5.74) is -0.228. The molecule has 2 rings (SSSR count). The summed E-state index contributed by atoms with van der Waals surface area (Å²) in [6.07, 6.45) is 10.3. The van der Waals surface area contributed by atoms with Gasteiger partial charge in [0.25, 0.3) is 5.91 Å². The van der Waals surface area contributed by atoms with Gasteiger partial charge in [0.1, 0.15) is 12.9 Å². The number of aromatic nitrogens is 1. The molecule has 1 atom stereocenters. The zero-order valence-electron chi connectivity index (χ0n) is 15.4. The lowest BCUT2D eigenvalue weighted by Crippen LogP contribution is -2.49. The van der Waals surface area contributed by atoms with Gasteiger partial charge in [-0.2, -0.15) is 0 Å². The highest BCUT2D eigenvalue weighted by molar-refractivity contribution is 7.99. The number of halogens is 1. The minimum atomic E-state index is -0.780. The molecule has 1 amide bonds. The Morgan fingerprint density at radius 1 is 1.48 bits per heavy atom. The lowest BCUT2D eigenvalue weighted by atomic mass is 10.1. The van der Waals surface area contributed by atoms with Crippen LogP contribution in [0.25, 0.3) is 10.9 Å². The molecular weight excluding hydrogens is 386 g/mol. The maximum absolute atomic E-state index is 12.6. The van der Waals surface area contributed by atoms with E-state index in [-0.39, 0.29) is 5.91 Å². The van der Waals surface area contributed by atoms with Gasteiger partial charge in [-0.05, 0) is 32.2 Å². The number of ether oxygens (including phenoxy) is 1. The summed E-state index contributed by atoms with van der Waals surface area (Å²) in [7, 11) is 1.44. The molecule has 1 N–H and O–H groups in total. The summed E-state index contributed by atoms with van der Waals surface area (Å²) in [5.74, 6) is 2.68. The van der Waals surface area contributed by atoms with Crippen molar-refractivity contribution in [2.24, 2.45) is 5.16 Å². The first-order chi connectivity index (χ1) is 12.8. The van der Waals surface area contributed by atoms with E-state index in [9.17, 15) is 4.79 Å². The molecule has 8 heteroatoms. The van der Waals surface area contributed by atoms with E-state index in [4.69, 9.17) is 22.8 Å². The van der Waals surface area contributed by atoms with Crippen LogP contribution in [0.2, 0.25) is 5.02 Å². The standard InChI is InChI=1S/C19H20ClN3O3S/c1-6-12-7-13-8-14(9-15(20)16(13)21-10-12)26-18(27-5)17(24)23-19(2,3)11-22-25-4/h1,7-11,18H,2-5H3,(H,23,24)/b22-11+. The summed E-state index contributed by atoms with van der Waals surface area (Å²) in [6, 6.07) is 5.17. The number of pyridine rings is 1. The number of thioether (sulfide) groups is 1. The molecule has 1 aromatic heterocycles. The minimum absolute atomic E-state index is 0.304. The smallest absolute Gasteiger partial charge is 0.272 e. The summed E-state index contributed by atoms with van der Waals surface area (Å²) < 4.78 is 5.85. The molecular formula is C19H20ClN3O3S. The third-order valence-electron chi connectivity index (χ3n) is 3.47. The predicted octanol–water partition coefficient (Wildman–Crippen LogP) is 3.46. The van der Waals surface area contributed by atoms with Crippen LogP contribution < -0.4 is 10.1 Å². The molecule has 0 saturated carbocycles. The molecule has 1 heterocycles. The van der Waals surface area contributed by atoms with Crippen LogP contribution in [0, 0.1) is 12.3 Å². The van der Waals surface area contributed by atoms with Gasteiger partial charge in [0, 0.05) is 23.2 Å². The van der Waals surface area contributed by atoms with Crippen molar-refractivity contribution in [3.8, 4) is 18.1 Å². The van der Waals surface area contributed by atoms with E-state index in [0.29, 0.717) is 21.9 Å².